The summed E-state index contributed by atoms with van der Waals surface area (Å²) in [5.41, 5.74) is 0.759. The maximum atomic E-state index is 12.6. The monoisotopic (exact) mass is 302 g/mol. The number of benzene rings is 1. The molecule has 4 nitrogen and oxygen atoms in total. The molecule has 0 saturated carbocycles. The molecule has 2 heterocycles. The Balaban J connectivity index is 1.64. The van der Waals surface area contributed by atoms with Crippen molar-refractivity contribution in [1.29, 1.82) is 0 Å². The number of hydrogen-bond acceptors (Lipinski definition) is 3. The Bertz CT molecular complexity index is 519. The van der Waals surface area contributed by atoms with E-state index in [0.717, 1.165) is 25.1 Å². The summed E-state index contributed by atoms with van der Waals surface area (Å²) in [5, 5.41) is 0. The second-order valence-corrected chi connectivity index (χ2v) is 6.88. The SMILES string of the molecule is CN1CCC(CC(=O)N2CCOC(C)(c3ccccc3)C2)C1. The zero-order valence-corrected chi connectivity index (χ0v) is 13.6. The summed E-state index contributed by atoms with van der Waals surface area (Å²) in [6.07, 6.45) is 1.82. The largest absolute Gasteiger partial charge is 0.367 e. The van der Waals surface area contributed by atoms with Gasteiger partial charge in [-0.25, -0.2) is 0 Å². The second-order valence-electron chi connectivity index (χ2n) is 6.88. The van der Waals surface area contributed by atoms with Crippen molar-refractivity contribution in [2.45, 2.75) is 25.4 Å². The van der Waals surface area contributed by atoms with Crippen molar-refractivity contribution in [1.82, 2.24) is 9.80 Å². The first kappa shape index (κ1) is 15.5. The molecular weight excluding hydrogens is 276 g/mol. The van der Waals surface area contributed by atoms with E-state index in [4.69, 9.17) is 4.74 Å². The van der Waals surface area contributed by atoms with Gasteiger partial charge in [0.25, 0.3) is 0 Å². The van der Waals surface area contributed by atoms with Gasteiger partial charge in [-0.2, -0.15) is 0 Å². The highest BCUT2D eigenvalue weighted by molar-refractivity contribution is 5.76. The van der Waals surface area contributed by atoms with E-state index in [0.29, 0.717) is 32.0 Å². The van der Waals surface area contributed by atoms with E-state index >= 15 is 0 Å². The molecule has 0 aliphatic carbocycles. The third-order valence-corrected chi connectivity index (χ3v) is 4.96. The number of rotatable bonds is 3. The normalized spacial score (nSPS) is 29.7. The van der Waals surface area contributed by atoms with Gasteiger partial charge in [-0.1, -0.05) is 30.3 Å². The lowest BCUT2D eigenvalue weighted by Crippen LogP contribution is -2.50. The number of ether oxygens (including phenoxy) is 1. The van der Waals surface area contributed by atoms with Crippen molar-refractivity contribution in [2.24, 2.45) is 5.92 Å². The fourth-order valence-electron chi connectivity index (χ4n) is 3.62. The van der Waals surface area contributed by atoms with Gasteiger partial charge in [0.2, 0.25) is 5.91 Å². The van der Waals surface area contributed by atoms with Gasteiger partial charge in [-0.3, -0.25) is 4.79 Å². The Morgan fingerprint density at radius 2 is 2.09 bits per heavy atom. The summed E-state index contributed by atoms with van der Waals surface area (Å²) in [4.78, 5) is 16.9. The fraction of sp³-hybridized carbons (Fsp3) is 0.611. The maximum Gasteiger partial charge on any atom is 0.223 e. The summed E-state index contributed by atoms with van der Waals surface area (Å²) in [6, 6.07) is 10.2. The predicted octanol–water partition coefficient (Wildman–Crippen LogP) is 2.10. The van der Waals surface area contributed by atoms with Gasteiger partial charge < -0.3 is 14.5 Å². The van der Waals surface area contributed by atoms with Crippen LogP contribution in [0.5, 0.6) is 0 Å². The average molecular weight is 302 g/mol. The topological polar surface area (TPSA) is 32.8 Å². The molecule has 1 amide bonds. The molecule has 0 aromatic heterocycles. The molecule has 4 heteroatoms. The molecule has 2 fully saturated rings. The van der Waals surface area contributed by atoms with Crippen LogP contribution in [0.2, 0.25) is 0 Å². The van der Waals surface area contributed by atoms with Crippen LogP contribution >= 0.6 is 0 Å². The molecule has 2 unspecified atom stereocenters. The van der Waals surface area contributed by atoms with Crippen molar-refractivity contribution < 1.29 is 9.53 Å². The minimum atomic E-state index is -0.387. The van der Waals surface area contributed by atoms with Crippen LogP contribution in [0.3, 0.4) is 0 Å². The molecule has 120 valence electrons. The van der Waals surface area contributed by atoms with Crippen molar-refractivity contribution in [3.8, 4) is 0 Å². The fourth-order valence-corrected chi connectivity index (χ4v) is 3.62. The molecule has 2 aliphatic heterocycles. The van der Waals surface area contributed by atoms with Crippen LogP contribution in [0.4, 0.5) is 0 Å². The van der Waals surface area contributed by atoms with Crippen LogP contribution in [0, 0.1) is 5.92 Å². The minimum absolute atomic E-state index is 0.283. The number of nitrogens with zero attached hydrogens (tertiary/aromatic N) is 2. The number of hydrogen-bond donors (Lipinski definition) is 0. The highest BCUT2D eigenvalue weighted by Crippen LogP contribution is 2.30. The van der Waals surface area contributed by atoms with Gasteiger partial charge in [0.15, 0.2) is 0 Å². The highest BCUT2D eigenvalue weighted by atomic mass is 16.5. The summed E-state index contributed by atoms with van der Waals surface area (Å²) in [5.74, 6) is 0.800. The molecule has 0 N–H and O–H groups in total. The first-order chi connectivity index (χ1) is 10.6. The van der Waals surface area contributed by atoms with Crippen LogP contribution in [0.1, 0.15) is 25.3 Å². The lowest BCUT2D eigenvalue weighted by Gasteiger charge is -2.41. The molecular formula is C18H26N2O2. The predicted molar refractivity (Wildman–Crippen MR) is 86.5 cm³/mol. The van der Waals surface area contributed by atoms with Crippen LogP contribution < -0.4 is 0 Å². The molecule has 0 radical (unpaired) electrons. The summed E-state index contributed by atoms with van der Waals surface area (Å²) >= 11 is 0. The van der Waals surface area contributed by atoms with E-state index in [1.165, 1.54) is 0 Å². The number of carbonyl (C=O) groups is 1. The second kappa shape index (κ2) is 6.39. The third-order valence-electron chi connectivity index (χ3n) is 4.96. The molecule has 2 aliphatic rings. The van der Waals surface area contributed by atoms with E-state index < -0.39 is 0 Å². The summed E-state index contributed by atoms with van der Waals surface area (Å²) in [6.45, 7) is 6.23. The molecule has 1 aromatic carbocycles. The average Bonchev–Trinajstić information content (AvgIpc) is 2.93. The van der Waals surface area contributed by atoms with Gasteiger partial charge in [0, 0.05) is 19.5 Å². The summed E-state index contributed by atoms with van der Waals surface area (Å²) < 4.78 is 6.02. The quantitative estimate of drug-likeness (QED) is 0.857. The minimum Gasteiger partial charge on any atom is -0.367 e. The summed E-state index contributed by atoms with van der Waals surface area (Å²) in [7, 11) is 2.13. The molecule has 0 spiro atoms. The number of likely N-dealkylation sites (tertiary alicyclic amines) is 1. The van der Waals surface area contributed by atoms with Crippen molar-refractivity contribution in [3.63, 3.8) is 0 Å². The van der Waals surface area contributed by atoms with Gasteiger partial charge in [0.1, 0.15) is 5.60 Å². The number of amides is 1. The molecule has 2 saturated heterocycles. The van der Waals surface area contributed by atoms with E-state index in [-0.39, 0.29) is 11.5 Å². The molecule has 1 aromatic rings. The first-order valence-electron chi connectivity index (χ1n) is 8.23. The third kappa shape index (κ3) is 3.33. The van der Waals surface area contributed by atoms with Gasteiger partial charge in [0.05, 0.1) is 13.2 Å². The van der Waals surface area contributed by atoms with Crippen molar-refractivity contribution in [2.75, 3.05) is 39.8 Å². The Labute approximate surface area is 133 Å². The van der Waals surface area contributed by atoms with Crippen LogP contribution in [0.25, 0.3) is 0 Å². The zero-order valence-electron chi connectivity index (χ0n) is 13.6. The van der Waals surface area contributed by atoms with Crippen LogP contribution in [-0.4, -0.2) is 55.5 Å². The smallest absolute Gasteiger partial charge is 0.223 e. The molecule has 22 heavy (non-hydrogen) atoms. The lowest BCUT2D eigenvalue weighted by molar-refractivity contribution is -0.150. The van der Waals surface area contributed by atoms with Crippen LogP contribution in [0.15, 0.2) is 30.3 Å². The number of morpholine rings is 1. The zero-order chi connectivity index (χ0) is 15.6. The maximum absolute atomic E-state index is 12.6. The Morgan fingerprint density at radius 1 is 1.32 bits per heavy atom. The number of carbonyl (C=O) groups excluding carboxylic acids is 1. The molecule has 0 bridgehead atoms. The molecule has 2 atom stereocenters. The van der Waals surface area contributed by atoms with Crippen molar-refractivity contribution in [3.05, 3.63) is 35.9 Å². The highest BCUT2D eigenvalue weighted by Gasteiger charge is 2.36. The van der Waals surface area contributed by atoms with Gasteiger partial charge in [-0.05, 0) is 38.4 Å². The Hall–Kier alpha value is -1.39. The van der Waals surface area contributed by atoms with E-state index in [2.05, 4.69) is 31.0 Å². The lowest BCUT2D eigenvalue weighted by atomic mass is 9.93. The van der Waals surface area contributed by atoms with E-state index in [1.54, 1.807) is 0 Å². The van der Waals surface area contributed by atoms with E-state index in [1.807, 2.05) is 23.1 Å². The van der Waals surface area contributed by atoms with Crippen LogP contribution in [-0.2, 0) is 15.1 Å². The first-order valence-corrected chi connectivity index (χ1v) is 8.23. The standard InChI is InChI=1S/C18H26N2O2/c1-18(16-6-4-3-5-7-16)14-20(10-11-22-18)17(21)12-15-8-9-19(2)13-15/h3-7,15H,8-14H2,1-2H3. The molecule has 3 rings (SSSR count). The Kier molecular flexibility index (Phi) is 4.50. The van der Waals surface area contributed by atoms with Gasteiger partial charge in [-0.15, -0.1) is 0 Å². The van der Waals surface area contributed by atoms with Crippen molar-refractivity contribution >= 4 is 5.91 Å². The van der Waals surface area contributed by atoms with Gasteiger partial charge >= 0.3 is 0 Å². The Morgan fingerprint density at radius 3 is 2.77 bits per heavy atom. The van der Waals surface area contributed by atoms with E-state index in [9.17, 15) is 4.79 Å².